The molecule has 0 aliphatic rings. The Morgan fingerprint density at radius 1 is 1.00 bits per heavy atom. The number of nitrogen functional groups attached to an aromatic ring is 1. The molecule has 7 heteroatoms. The van der Waals surface area contributed by atoms with Crippen molar-refractivity contribution in [3.8, 4) is 17.5 Å². The number of nitrogens with two attached hydrogens (primary N) is 1. The normalized spacial score (nSPS) is 10.1. The van der Waals surface area contributed by atoms with Gasteiger partial charge in [-0.25, -0.2) is 0 Å². The van der Waals surface area contributed by atoms with Gasteiger partial charge in [-0.1, -0.05) is 0 Å². The molecule has 0 saturated carbocycles. The van der Waals surface area contributed by atoms with Crippen LogP contribution in [0, 0.1) is 0 Å². The number of ether oxygens (including phenoxy) is 2. The fourth-order valence-corrected chi connectivity index (χ4v) is 1.36. The van der Waals surface area contributed by atoms with Crippen LogP contribution < -0.4 is 20.1 Å². The topological polar surface area (TPSA) is 86.4 Å². The third-order valence-corrected chi connectivity index (χ3v) is 2.29. The zero-order chi connectivity index (χ0) is 13.8. The second-order valence-electron chi connectivity index (χ2n) is 3.95. The van der Waals surface area contributed by atoms with E-state index in [1.165, 1.54) is 0 Å². The maximum absolute atomic E-state index is 5.61. The van der Waals surface area contributed by atoms with E-state index in [-0.39, 0.29) is 12.0 Å². The fourth-order valence-electron chi connectivity index (χ4n) is 1.36. The first kappa shape index (κ1) is 12.9. The van der Waals surface area contributed by atoms with Gasteiger partial charge < -0.3 is 20.1 Å². The molecule has 0 spiro atoms. The highest BCUT2D eigenvalue weighted by molar-refractivity contribution is 5.36. The number of anilines is 2. The molecule has 2 N–H and O–H groups in total. The minimum atomic E-state index is 0.113. The summed E-state index contributed by atoms with van der Waals surface area (Å²) in [4.78, 5) is 13.8. The Hall–Kier alpha value is -2.57. The molecule has 1 aromatic carbocycles. The van der Waals surface area contributed by atoms with Gasteiger partial charge in [-0.2, -0.15) is 15.0 Å². The van der Waals surface area contributed by atoms with Gasteiger partial charge in [0, 0.05) is 14.1 Å². The summed E-state index contributed by atoms with van der Waals surface area (Å²) in [5.74, 6) is 1.89. The van der Waals surface area contributed by atoms with Crippen molar-refractivity contribution in [1.82, 2.24) is 15.0 Å². The lowest BCUT2D eigenvalue weighted by atomic mass is 10.3. The average molecular weight is 261 g/mol. The molecule has 0 aliphatic heterocycles. The van der Waals surface area contributed by atoms with Crippen molar-refractivity contribution < 1.29 is 9.47 Å². The second-order valence-corrected chi connectivity index (χ2v) is 3.95. The largest absolute Gasteiger partial charge is 0.497 e. The van der Waals surface area contributed by atoms with Gasteiger partial charge in [0.05, 0.1) is 7.11 Å². The van der Waals surface area contributed by atoms with Crippen molar-refractivity contribution in [1.29, 1.82) is 0 Å². The molecule has 19 heavy (non-hydrogen) atoms. The summed E-state index contributed by atoms with van der Waals surface area (Å²) < 4.78 is 10.6. The van der Waals surface area contributed by atoms with Crippen LogP contribution in [0.4, 0.5) is 11.9 Å². The van der Waals surface area contributed by atoms with E-state index in [4.69, 9.17) is 15.2 Å². The Morgan fingerprint density at radius 2 is 1.63 bits per heavy atom. The van der Waals surface area contributed by atoms with Crippen LogP contribution >= 0.6 is 0 Å². The number of rotatable bonds is 4. The summed E-state index contributed by atoms with van der Waals surface area (Å²) in [7, 11) is 5.23. The molecule has 0 saturated heterocycles. The number of benzene rings is 1. The number of nitrogens with zero attached hydrogens (tertiary/aromatic N) is 4. The molecule has 100 valence electrons. The Balaban J connectivity index is 2.22. The number of methoxy groups -OCH3 is 1. The minimum Gasteiger partial charge on any atom is -0.497 e. The van der Waals surface area contributed by atoms with Crippen LogP contribution in [-0.4, -0.2) is 36.2 Å². The molecular weight excluding hydrogens is 246 g/mol. The third-order valence-electron chi connectivity index (χ3n) is 2.29. The molecule has 1 heterocycles. The maximum Gasteiger partial charge on any atom is 0.328 e. The van der Waals surface area contributed by atoms with Crippen LogP contribution in [0.3, 0.4) is 0 Å². The van der Waals surface area contributed by atoms with Crippen LogP contribution in [-0.2, 0) is 0 Å². The van der Waals surface area contributed by atoms with Gasteiger partial charge in [-0.3, -0.25) is 0 Å². The van der Waals surface area contributed by atoms with Crippen molar-refractivity contribution >= 4 is 11.9 Å². The number of hydrogen-bond donors (Lipinski definition) is 1. The second kappa shape index (κ2) is 5.38. The smallest absolute Gasteiger partial charge is 0.328 e. The zero-order valence-corrected chi connectivity index (χ0v) is 11.0. The van der Waals surface area contributed by atoms with Crippen LogP contribution in [0.2, 0.25) is 0 Å². The molecule has 0 atom stereocenters. The summed E-state index contributed by atoms with van der Waals surface area (Å²) in [5.41, 5.74) is 5.61. The Bertz CT molecular complexity index is 557. The maximum atomic E-state index is 5.61. The van der Waals surface area contributed by atoms with Gasteiger partial charge in [0.1, 0.15) is 11.5 Å². The summed E-state index contributed by atoms with van der Waals surface area (Å²) in [5, 5.41) is 0. The van der Waals surface area contributed by atoms with Crippen molar-refractivity contribution in [3.63, 3.8) is 0 Å². The lowest BCUT2D eigenvalue weighted by molar-refractivity contribution is 0.410. The van der Waals surface area contributed by atoms with Crippen molar-refractivity contribution in [2.75, 3.05) is 31.8 Å². The molecule has 0 bridgehead atoms. The lowest BCUT2D eigenvalue weighted by Gasteiger charge is -2.11. The van der Waals surface area contributed by atoms with E-state index in [1.807, 2.05) is 14.1 Å². The van der Waals surface area contributed by atoms with Gasteiger partial charge in [0.15, 0.2) is 0 Å². The van der Waals surface area contributed by atoms with E-state index >= 15 is 0 Å². The molecule has 0 radical (unpaired) electrons. The predicted octanol–water partition coefficient (Wildman–Crippen LogP) is 1.32. The highest BCUT2D eigenvalue weighted by Crippen LogP contribution is 2.22. The van der Waals surface area contributed by atoms with Crippen molar-refractivity contribution in [2.45, 2.75) is 0 Å². The quantitative estimate of drug-likeness (QED) is 0.888. The first-order chi connectivity index (χ1) is 9.08. The van der Waals surface area contributed by atoms with Gasteiger partial charge in [0.25, 0.3) is 0 Å². The van der Waals surface area contributed by atoms with E-state index < -0.39 is 0 Å². The van der Waals surface area contributed by atoms with Crippen molar-refractivity contribution in [3.05, 3.63) is 24.3 Å². The molecule has 2 aromatic rings. The van der Waals surface area contributed by atoms with Crippen LogP contribution in [0.15, 0.2) is 24.3 Å². The van der Waals surface area contributed by atoms with E-state index in [1.54, 1.807) is 36.3 Å². The van der Waals surface area contributed by atoms with E-state index in [9.17, 15) is 0 Å². The first-order valence-corrected chi connectivity index (χ1v) is 5.59. The fraction of sp³-hybridized carbons (Fsp3) is 0.250. The molecule has 2 rings (SSSR count). The summed E-state index contributed by atoms with van der Waals surface area (Å²) in [6.07, 6.45) is 0. The monoisotopic (exact) mass is 261 g/mol. The molecular formula is C12H15N5O2. The van der Waals surface area contributed by atoms with Gasteiger partial charge >= 0.3 is 6.01 Å². The predicted molar refractivity (Wildman–Crippen MR) is 71.6 cm³/mol. The Labute approximate surface area is 111 Å². The summed E-state index contributed by atoms with van der Waals surface area (Å²) >= 11 is 0. The third kappa shape index (κ3) is 3.21. The highest BCUT2D eigenvalue weighted by atomic mass is 16.5. The Morgan fingerprint density at radius 3 is 2.21 bits per heavy atom. The van der Waals surface area contributed by atoms with E-state index in [2.05, 4.69) is 15.0 Å². The highest BCUT2D eigenvalue weighted by Gasteiger charge is 2.08. The molecule has 1 aromatic heterocycles. The Kier molecular flexibility index (Phi) is 3.65. The molecule has 0 aliphatic carbocycles. The summed E-state index contributed by atoms with van der Waals surface area (Å²) in [6, 6.07) is 7.24. The number of hydrogen-bond acceptors (Lipinski definition) is 7. The average Bonchev–Trinajstić information content (AvgIpc) is 2.39. The summed E-state index contributed by atoms with van der Waals surface area (Å²) in [6.45, 7) is 0. The van der Waals surface area contributed by atoms with E-state index in [0.29, 0.717) is 11.7 Å². The van der Waals surface area contributed by atoms with Crippen LogP contribution in [0.5, 0.6) is 17.5 Å². The molecule has 0 amide bonds. The SMILES string of the molecule is COc1ccc(Oc2nc(N)nc(N(C)C)n2)cc1. The van der Waals surface area contributed by atoms with Gasteiger partial charge in [0.2, 0.25) is 11.9 Å². The van der Waals surface area contributed by atoms with Gasteiger partial charge in [-0.05, 0) is 24.3 Å². The van der Waals surface area contributed by atoms with Gasteiger partial charge in [-0.15, -0.1) is 0 Å². The molecule has 0 unspecified atom stereocenters. The van der Waals surface area contributed by atoms with Crippen molar-refractivity contribution in [2.24, 2.45) is 0 Å². The lowest BCUT2D eigenvalue weighted by Crippen LogP contribution is -2.15. The minimum absolute atomic E-state index is 0.113. The standard InChI is InChI=1S/C12H15N5O2/c1-17(2)11-14-10(13)15-12(16-11)19-9-6-4-8(18-3)5-7-9/h4-7H,1-3H3,(H2,13,14,15,16). The zero-order valence-electron chi connectivity index (χ0n) is 11.0. The first-order valence-electron chi connectivity index (χ1n) is 5.59. The van der Waals surface area contributed by atoms with E-state index in [0.717, 1.165) is 5.75 Å². The number of aromatic nitrogens is 3. The molecule has 0 fully saturated rings. The molecule has 7 nitrogen and oxygen atoms in total. The van der Waals surface area contributed by atoms with Crippen LogP contribution in [0.25, 0.3) is 0 Å². The van der Waals surface area contributed by atoms with Crippen LogP contribution in [0.1, 0.15) is 0 Å².